The van der Waals surface area contributed by atoms with Crippen molar-refractivity contribution >= 4 is 29.9 Å². The van der Waals surface area contributed by atoms with Crippen molar-refractivity contribution in [2.75, 3.05) is 32.8 Å². The number of nitrogens with zero attached hydrogens (tertiary/aromatic N) is 1. The van der Waals surface area contributed by atoms with Crippen LogP contribution in [0.1, 0.15) is 57.6 Å². The van der Waals surface area contributed by atoms with Crippen molar-refractivity contribution in [1.82, 2.24) is 10.6 Å². The SMILES string of the molecule is CCNC(=NCC1(CCO)CCCCC1)NCCCOCc1ccco1.I. The number of guanidine groups is 1. The lowest BCUT2D eigenvalue weighted by atomic mass is 9.72. The maximum Gasteiger partial charge on any atom is 0.191 e. The van der Waals surface area contributed by atoms with Gasteiger partial charge in [0.25, 0.3) is 0 Å². The molecule has 0 bridgehead atoms. The van der Waals surface area contributed by atoms with Gasteiger partial charge in [-0.05, 0) is 50.2 Å². The topological polar surface area (TPSA) is 79.0 Å². The number of hydrogen-bond donors (Lipinski definition) is 3. The number of aliphatic imine (C=N–C) groups is 1. The summed E-state index contributed by atoms with van der Waals surface area (Å²) < 4.78 is 10.8. The fourth-order valence-electron chi connectivity index (χ4n) is 3.56. The maximum atomic E-state index is 9.44. The second-order valence-electron chi connectivity index (χ2n) is 7.14. The highest BCUT2D eigenvalue weighted by atomic mass is 127. The molecule has 27 heavy (non-hydrogen) atoms. The van der Waals surface area contributed by atoms with Gasteiger partial charge < -0.3 is 24.9 Å². The van der Waals surface area contributed by atoms with E-state index in [2.05, 4.69) is 17.6 Å². The summed E-state index contributed by atoms with van der Waals surface area (Å²) in [7, 11) is 0. The summed E-state index contributed by atoms with van der Waals surface area (Å²) >= 11 is 0. The van der Waals surface area contributed by atoms with Crippen molar-refractivity contribution in [3.63, 3.8) is 0 Å². The second-order valence-corrected chi connectivity index (χ2v) is 7.14. The van der Waals surface area contributed by atoms with Crippen LogP contribution in [0, 0.1) is 5.41 Å². The van der Waals surface area contributed by atoms with Gasteiger partial charge in [0.1, 0.15) is 12.4 Å². The van der Waals surface area contributed by atoms with E-state index in [1.807, 2.05) is 12.1 Å². The first-order chi connectivity index (χ1) is 12.8. The molecule has 0 saturated heterocycles. The highest BCUT2D eigenvalue weighted by Gasteiger charge is 2.31. The molecule has 3 N–H and O–H groups in total. The van der Waals surface area contributed by atoms with Crippen LogP contribution >= 0.6 is 24.0 Å². The zero-order valence-electron chi connectivity index (χ0n) is 16.5. The highest BCUT2D eigenvalue weighted by Crippen LogP contribution is 2.39. The summed E-state index contributed by atoms with van der Waals surface area (Å²) in [6.07, 6.45) is 9.61. The molecule has 0 aliphatic heterocycles. The second kappa shape index (κ2) is 14.2. The van der Waals surface area contributed by atoms with Crippen molar-refractivity contribution in [3.05, 3.63) is 24.2 Å². The summed E-state index contributed by atoms with van der Waals surface area (Å²) in [5.41, 5.74) is 0.182. The molecular formula is C20H36IN3O3. The summed E-state index contributed by atoms with van der Waals surface area (Å²) in [5.74, 6) is 1.72. The van der Waals surface area contributed by atoms with E-state index in [9.17, 15) is 5.11 Å². The van der Waals surface area contributed by atoms with Gasteiger partial charge in [0.15, 0.2) is 5.96 Å². The van der Waals surface area contributed by atoms with Crippen LogP contribution in [0.4, 0.5) is 0 Å². The average Bonchev–Trinajstić information content (AvgIpc) is 3.17. The zero-order chi connectivity index (χ0) is 18.5. The van der Waals surface area contributed by atoms with E-state index in [-0.39, 0.29) is 36.0 Å². The van der Waals surface area contributed by atoms with Crippen molar-refractivity contribution in [2.24, 2.45) is 10.4 Å². The Kier molecular flexibility index (Phi) is 12.8. The summed E-state index contributed by atoms with van der Waals surface area (Å²) in [5, 5.41) is 16.1. The van der Waals surface area contributed by atoms with Crippen LogP contribution < -0.4 is 10.6 Å². The normalized spacial score (nSPS) is 16.6. The maximum absolute atomic E-state index is 9.44. The molecule has 7 heteroatoms. The molecule has 1 aliphatic rings. The Hall–Kier alpha value is -0.800. The molecule has 0 atom stereocenters. The largest absolute Gasteiger partial charge is 0.467 e. The Morgan fingerprint density at radius 2 is 2.11 bits per heavy atom. The van der Waals surface area contributed by atoms with Crippen molar-refractivity contribution in [2.45, 2.75) is 58.5 Å². The fourth-order valence-corrected chi connectivity index (χ4v) is 3.56. The van der Waals surface area contributed by atoms with Crippen LogP contribution in [0.15, 0.2) is 27.8 Å². The molecular weight excluding hydrogens is 457 g/mol. The minimum atomic E-state index is 0. The smallest absolute Gasteiger partial charge is 0.191 e. The quantitative estimate of drug-likeness (QED) is 0.190. The third kappa shape index (κ3) is 9.30. The lowest BCUT2D eigenvalue weighted by Gasteiger charge is -2.35. The Balaban J connectivity index is 0.00000364. The molecule has 0 radical (unpaired) electrons. The molecule has 1 aromatic rings. The molecule has 0 aromatic carbocycles. The lowest BCUT2D eigenvalue weighted by Crippen LogP contribution is -2.39. The number of rotatable bonds is 11. The zero-order valence-corrected chi connectivity index (χ0v) is 18.9. The Morgan fingerprint density at radius 1 is 1.30 bits per heavy atom. The molecule has 2 rings (SSSR count). The van der Waals surface area contributed by atoms with Crippen LogP contribution in [0.5, 0.6) is 0 Å². The Bertz CT molecular complexity index is 497. The van der Waals surface area contributed by atoms with Gasteiger partial charge in [0.2, 0.25) is 0 Å². The van der Waals surface area contributed by atoms with Gasteiger partial charge in [0, 0.05) is 32.8 Å². The molecule has 1 aliphatic carbocycles. The predicted octanol–water partition coefficient (Wildman–Crippen LogP) is 3.69. The highest BCUT2D eigenvalue weighted by molar-refractivity contribution is 14.0. The molecule has 1 aromatic heterocycles. The number of nitrogens with one attached hydrogen (secondary N) is 2. The van der Waals surface area contributed by atoms with Crippen molar-refractivity contribution in [1.29, 1.82) is 0 Å². The van der Waals surface area contributed by atoms with Gasteiger partial charge in [0.05, 0.1) is 6.26 Å². The average molecular weight is 493 g/mol. The van der Waals surface area contributed by atoms with Gasteiger partial charge in [-0.15, -0.1) is 24.0 Å². The van der Waals surface area contributed by atoms with Gasteiger partial charge >= 0.3 is 0 Å². The van der Waals surface area contributed by atoms with Gasteiger partial charge in [-0.3, -0.25) is 4.99 Å². The van der Waals surface area contributed by atoms with E-state index in [0.29, 0.717) is 13.2 Å². The molecule has 156 valence electrons. The molecule has 1 fully saturated rings. The third-order valence-electron chi connectivity index (χ3n) is 5.06. The van der Waals surface area contributed by atoms with E-state index in [4.69, 9.17) is 14.1 Å². The first-order valence-electron chi connectivity index (χ1n) is 10.0. The molecule has 0 spiro atoms. The molecule has 1 saturated carbocycles. The van der Waals surface area contributed by atoms with Gasteiger partial charge in [-0.2, -0.15) is 0 Å². The van der Waals surface area contributed by atoms with E-state index in [1.54, 1.807) is 6.26 Å². The number of halogens is 1. The van der Waals surface area contributed by atoms with Crippen molar-refractivity contribution in [3.8, 4) is 0 Å². The Labute approximate surface area is 180 Å². The fraction of sp³-hybridized carbons (Fsp3) is 0.750. The first-order valence-corrected chi connectivity index (χ1v) is 10.0. The lowest BCUT2D eigenvalue weighted by molar-refractivity contribution is 0.105. The predicted molar refractivity (Wildman–Crippen MR) is 120 cm³/mol. The molecule has 6 nitrogen and oxygen atoms in total. The van der Waals surface area contributed by atoms with Crippen LogP contribution in [0.2, 0.25) is 0 Å². The molecule has 0 unspecified atom stereocenters. The Morgan fingerprint density at radius 3 is 2.78 bits per heavy atom. The minimum absolute atomic E-state index is 0. The van der Waals surface area contributed by atoms with E-state index in [0.717, 1.165) is 44.2 Å². The minimum Gasteiger partial charge on any atom is -0.467 e. The summed E-state index contributed by atoms with van der Waals surface area (Å²) in [6, 6.07) is 3.79. The molecule has 1 heterocycles. The number of aliphatic hydroxyl groups excluding tert-OH is 1. The summed E-state index contributed by atoms with van der Waals surface area (Å²) in [4.78, 5) is 4.81. The summed E-state index contributed by atoms with van der Waals surface area (Å²) in [6.45, 7) is 5.98. The number of furan rings is 1. The van der Waals surface area contributed by atoms with Crippen LogP contribution in [0.25, 0.3) is 0 Å². The van der Waals surface area contributed by atoms with Gasteiger partial charge in [-0.1, -0.05) is 19.3 Å². The van der Waals surface area contributed by atoms with Crippen LogP contribution in [-0.4, -0.2) is 43.9 Å². The number of ether oxygens (including phenoxy) is 1. The standard InChI is InChI=1S/C20H35N3O3.HI/c1-2-21-19(22-12-7-14-25-16-18-8-6-15-26-18)23-17-20(11-13-24)9-4-3-5-10-20;/h6,8,15,24H,2-5,7,9-14,16-17H2,1H3,(H2,21,22,23);1H. The molecule has 0 amide bonds. The van der Waals surface area contributed by atoms with Crippen LogP contribution in [0.3, 0.4) is 0 Å². The van der Waals surface area contributed by atoms with E-state index in [1.165, 1.54) is 32.1 Å². The van der Waals surface area contributed by atoms with E-state index < -0.39 is 0 Å². The first kappa shape index (κ1) is 24.2. The van der Waals surface area contributed by atoms with E-state index >= 15 is 0 Å². The number of aliphatic hydroxyl groups is 1. The van der Waals surface area contributed by atoms with Gasteiger partial charge in [-0.25, -0.2) is 0 Å². The van der Waals surface area contributed by atoms with Crippen LogP contribution in [-0.2, 0) is 11.3 Å². The monoisotopic (exact) mass is 493 g/mol. The number of hydrogen-bond acceptors (Lipinski definition) is 4. The van der Waals surface area contributed by atoms with Crippen molar-refractivity contribution < 1.29 is 14.3 Å². The third-order valence-corrected chi connectivity index (χ3v) is 5.06.